The summed E-state index contributed by atoms with van der Waals surface area (Å²) in [5, 5.41) is 4.29. The van der Waals surface area contributed by atoms with Crippen LogP contribution in [-0.2, 0) is 11.2 Å². The lowest BCUT2D eigenvalue weighted by atomic mass is 9.80. The van der Waals surface area contributed by atoms with Crippen LogP contribution in [0.15, 0.2) is 23.3 Å². The average Bonchev–Trinajstić information content (AvgIpc) is 3.11. The Morgan fingerprint density at radius 1 is 1.29 bits per heavy atom. The number of likely N-dealkylation sites (tertiary alicyclic amines) is 1. The molecule has 1 unspecified atom stereocenters. The van der Waals surface area contributed by atoms with Gasteiger partial charge in [0.1, 0.15) is 5.75 Å². The van der Waals surface area contributed by atoms with Gasteiger partial charge in [0.05, 0.1) is 12.3 Å². The van der Waals surface area contributed by atoms with Gasteiger partial charge in [-0.3, -0.25) is 4.79 Å². The van der Waals surface area contributed by atoms with Crippen molar-refractivity contribution < 1.29 is 9.53 Å². The molecule has 2 aliphatic heterocycles. The van der Waals surface area contributed by atoms with Gasteiger partial charge in [0, 0.05) is 24.4 Å². The summed E-state index contributed by atoms with van der Waals surface area (Å²) >= 11 is 0. The van der Waals surface area contributed by atoms with Gasteiger partial charge in [0.2, 0.25) is 5.91 Å². The molecule has 1 aromatic carbocycles. The van der Waals surface area contributed by atoms with Gasteiger partial charge in [0.15, 0.2) is 0 Å². The molecular weight excluding hydrogens is 302 g/mol. The maximum Gasteiger partial charge on any atom is 0.240 e. The van der Waals surface area contributed by atoms with Crippen LogP contribution in [0.5, 0.6) is 5.75 Å². The molecule has 1 aromatic rings. The molecule has 1 saturated heterocycles. The summed E-state index contributed by atoms with van der Waals surface area (Å²) in [5.74, 6) is 1.26. The zero-order chi connectivity index (χ0) is 16.4. The van der Waals surface area contributed by atoms with Gasteiger partial charge in [-0.2, -0.15) is 5.10 Å². The number of nitrogens with one attached hydrogen (secondary N) is 1. The fourth-order valence-corrected chi connectivity index (χ4v) is 4.03. The van der Waals surface area contributed by atoms with Crippen molar-refractivity contribution in [1.29, 1.82) is 0 Å². The fourth-order valence-electron chi connectivity index (χ4n) is 4.03. The third kappa shape index (κ3) is 3.31. The Morgan fingerprint density at radius 3 is 3.04 bits per heavy atom. The normalized spacial score (nSPS) is 23.2. The Hall–Kier alpha value is -1.88. The van der Waals surface area contributed by atoms with E-state index in [2.05, 4.69) is 27.6 Å². The van der Waals surface area contributed by atoms with Crippen LogP contribution in [0.3, 0.4) is 0 Å². The van der Waals surface area contributed by atoms with Gasteiger partial charge in [0.25, 0.3) is 0 Å². The van der Waals surface area contributed by atoms with Gasteiger partial charge >= 0.3 is 0 Å². The first-order valence-corrected chi connectivity index (χ1v) is 9.14. The quantitative estimate of drug-likeness (QED) is 0.845. The van der Waals surface area contributed by atoms with Crippen molar-refractivity contribution in [2.24, 2.45) is 11.0 Å². The largest absolute Gasteiger partial charge is 0.494 e. The summed E-state index contributed by atoms with van der Waals surface area (Å²) in [4.78, 5) is 14.0. The number of fused-ring (bicyclic) bond motifs is 3. The molecule has 2 heterocycles. The van der Waals surface area contributed by atoms with Gasteiger partial charge in [-0.25, -0.2) is 5.43 Å². The second-order valence-corrected chi connectivity index (χ2v) is 7.04. The number of hydrogen-bond acceptors (Lipinski definition) is 4. The summed E-state index contributed by atoms with van der Waals surface area (Å²) in [6, 6.07) is 6.30. The minimum absolute atomic E-state index is 0.0326. The van der Waals surface area contributed by atoms with E-state index in [-0.39, 0.29) is 11.8 Å². The number of carbonyl (C=O) groups excluding carboxylic acids is 1. The van der Waals surface area contributed by atoms with Crippen LogP contribution < -0.4 is 10.2 Å². The van der Waals surface area contributed by atoms with E-state index >= 15 is 0 Å². The van der Waals surface area contributed by atoms with E-state index in [1.807, 2.05) is 6.07 Å². The maximum absolute atomic E-state index is 11.5. The first kappa shape index (κ1) is 15.6. The fraction of sp³-hybridized carbons (Fsp3) is 0.579. The van der Waals surface area contributed by atoms with Crippen molar-refractivity contribution in [3.8, 4) is 5.75 Å². The smallest absolute Gasteiger partial charge is 0.240 e. The first-order valence-electron chi connectivity index (χ1n) is 9.14. The van der Waals surface area contributed by atoms with Crippen molar-refractivity contribution in [2.75, 3.05) is 26.2 Å². The highest BCUT2D eigenvalue weighted by atomic mass is 16.5. The van der Waals surface area contributed by atoms with Crippen LogP contribution in [0.25, 0.3) is 0 Å². The lowest BCUT2D eigenvalue weighted by molar-refractivity contribution is -0.122. The van der Waals surface area contributed by atoms with E-state index in [1.54, 1.807) is 0 Å². The predicted octanol–water partition coefficient (Wildman–Crippen LogP) is 2.34. The molecule has 0 spiro atoms. The Balaban J connectivity index is 1.36. The highest BCUT2D eigenvalue weighted by Crippen LogP contribution is 2.32. The molecule has 1 fully saturated rings. The third-order valence-electron chi connectivity index (χ3n) is 5.32. The molecule has 5 heteroatoms. The molecule has 1 amide bonds. The van der Waals surface area contributed by atoms with Crippen LogP contribution in [0, 0.1) is 5.92 Å². The zero-order valence-electron chi connectivity index (χ0n) is 14.1. The van der Waals surface area contributed by atoms with E-state index in [0.717, 1.165) is 43.9 Å². The van der Waals surface area contributed by atoms with Crippen molar-refractivity contribution in [3.05, 3.63) is 29.3 Å². The molecule has 0 saturated carbocycles. The summed E-state index contributed by atoms with van der Waals surface area (Å²) < 4.78 is 5.95. The Kier molecular flexibility index (Phi) is 4.52. The number of amides is 1. The number of aryl methyl sites for hydroxylation is 1. The standard InChI is InChI=1S/C19H25N3O2/c23-18-13-15-5-4-14-12-16(6-7-17(14)19(15)21-20-18)24-11-3-10-22-8-1-2-9-22/h6-7,12,15H,1-5,8-11,13H2,(H,20,23). The van der Waals surface area contributed by atoms with E-state index in [0.29, 0.717) is 6.42 Å². The number of benzene rings is 1. The third-order valence-corrected chi connectivity index (χ3v) is 5.32. The van der Waals surface area contributed by atoms with Gasteiger partial charge < -0.3 is 9.64 Å². The summed E-state index contributed by atoms with van der Waals surface area (Å²) in [7, 11) is 0. The molecular formula is C19H25N3O2. The second kappa shape index (κ2) is 6.93. The van der Waals surface area contributed by atoms with Crippen LogP contribution in [-0.4, -0.2) is 42.8 Å². The molecule has 1 aliphatic carbocycles. The topological polar surface area (TPSA) is 53.9 Å². The minimum Gasteiger partial charge on any atom is -0.494 e. The molecule has 3 aliphatic rings. The molecule has 128 valence electrons. The van der Waals surface area contributed by atoms with Crippen LogP contribution in [0.1, 0.15) is 43.2 Å². The molecule has 0 bridgehead atoms. The SMILES string of the molecule is O=C1CC2CCc3cc(OCCCN4CCCC4)ccc3C2=NN1. The number of hydrogen-bond donors (Lipinski definition) is 1. The maximum atomic E-state index is 11.5. The highest BCUT2D eigenvalue weighted by Gasteiger charge is 2.30. The highest BCUT2D eigenvalue weighted by molar-refractivity contribution is 6.07. The van der Waals surface area contributed by atoms with Crippen LogP contribution >= 0.6 is 0 Å². The molecule has 1 atom stereocenters. The number of rotatable bonds is 5. The monoisotopic (exact) mass is 327 g/mol. The van der Waals surface area contributed by atoms with Crippen molar-refractivity contribution in [2.45, 2.75) is 38.5 Å². The van der Waals surface area contributed by atoms with E-state index in [1.165, 1.54) is 37.1 Å². The number of nitrogens with zero attached hydrogens (tertiary/aromatic N) is 2. The van der Waals surface area contributed by atoms with Gasteiger partial charge in [-0.05, 0) is 69.0 Å². The molecule has 1 N–H and O–H groups in total. The first-order chi connectivity index (χ1) is 11.8. The van der Waals surface area contributed by atoms with Crippen LogP contribution in [0.2, 0.25) is 0 Å². The minimum atomic E-state index is 0.0326. The number of carbonyl (C=O) groups is 1. The van der Waals surface area contributed by atoms with Gasteiger partial charge in [-0.15, -0.1) is 0 Å². The van der Waals surface area contributed by atoms with Crippen molar-refractivity contribution >= 4 is 11.6 Å². The summed E-state index contributed by atoms with van der Waals surface area (Å²) in [6.07, 6.45) is 6.33. The van der Waals surface area contributed by atoms with Crippen LogP contribution in [0.4, 0.5) is 0 Å². The van der Waals surface area contributed by atoms with E-state index in [4.69, 9.17) is 4.74 Å². The molecule has 0 aromatic heterocycles. The van der Waals surface area contributed by atoms with Crippen molar-refractivity contribution in [3.63, 3.8) is 0 Å². The number of hydrazone groups is 1. The van der Waals surface area contributed by atoms with Gasteiger partial charge in [-0.1, -0.05) is 0 Å². The lowest BCUT2D eigenvalue weighted by Crippen LogP contribution is -2.36. The zero-order valence-corrected chi connectivity index (χ0v) is 14.1. The second-order valence-electron chi connectivity index (χ2n) is 7.04. The predicted molar refractivity (Wildman–Crippen MR) is 93.3 cm³/mol. The lowest BCUT2D eigenvalue weighted by Gasteiger charge is -2.29. The van der Waals surface area contributed by atoms with E-state index < -0.39 is 0 Å². The summed E-state index contributed by atoms with van der Waals surface area (Å²) in [6.45, 7) is 4.41. The molecule has 24 heavy (non-hydrogen) atoms. The van der Waals surface area contributed by atoms with E-state index in [9.17, 15) is 4.79 Å². The Bertz CT molecular complexity index is 650. The molecule has 4 rings (SSSR count). The molecule has 5 nitrogen and oxygen atoms in total. The average molecular weight is 327 g/mol. The molecule has 0 radical (unpaired) electrons. The summed E-state index contributed by atoms with van der Waals surface area (Å²) in [5.41, 5.74) is 6.12. The van der Waals surface area contributed by atoms with Crippen molar-refractivity contribution in [1.82, 2.24) is 10.3 Å². The Labute approximate surface area is 143 Å². The Morgan fingerprint density at radius 2 is 2.17 bits per heavy atom. The number of ether oxygens (including phenoxy) is 1.